The molecule has 2 aromatic rings. The maximum absolute atomic E-state index is 13.4. The highest BCUT2D eigenvalue weighted by Crippen LogP contribution is 2.56. The summed E-state index contributed by atoms with van der Waals surface area (Å²) < 4.78 is 5.23. The molecule has 10 heteroatoms. The molecule has 2 aliphatic carbocycles. The molecule has 5 atom stereocenters. The Morgan fingerprint density at radius 3 is 2.16 bits per heavy atom. The van der Waals surface area contributed by atoms with E-state index in [1.807, 2.05) is 6.07 Å². The first-order valence-electron chi connectivity index (χ1n) is 12.3. The third-order valence-corrected chi connectivity index (χ3v) is 7.84. The number of hydrogen-bond donors (Lipinski definition) is 2. The normalized spacial score (nSPS) is 24.5. The van der Waals surface area contributed by atoms with E-state index in [0.717, 1.165) is 29.7 Å². The number of nitrogens with zero attached hydrogens (tertiary/aromatic N) is 1. The van der Waals surface area contributed by atoms with Gasteiger partial charge in [-0.25, -0.2) is 4.79 Å². The zero-order valence-corrected chi connectivity index (χ0v) is 20.6. The molecule has 1 aliphatic heterocycles. The Hall–Kier alpha value is -3.72. The molecule has 0 aromatic heterocycles. The Morgan fingerprint density at radius 1 is 0.919 bits per heavy atom. The molecular weight excluding hydrogens is 498 g/mol. The number of amides is 4. The summed E-state index contributed by atoms with van der Waals surface area (Å²) in [5.41, 5.74) is 5.44. The SMILES string of the molecule is O=C(COC(=O)[C@H](Cc1ccccc1)N1C(=O)[C@@H]2[C@H]3CC[C@@H](C3)[C@@H]2C1=O)NNC(=O)c1ccc(Cl)cc1. The number of ether oxygens (including phenoxy) is 1. The van der Waals surface area contributed by atoms with Crippen molar-refractivity contribution in [3.05, 3.63) is 70.7 Å². The smallest absolute Gasteiger partial charge is 0.330 e. The van der Waals surface area contributed by atoms with Crippen LogP contribution in [-0.4, -0.2) is 47.1 Å². The number of carbonyl (C=O) groups is 5. The zero-order chi connectivity index (χ0) is 26.1. The van der Waals surface area contributed by atoms with Gasteiger partial charge in [-0.05, 0) is 60.9 Å². The van der Waals surface area contributed by atoms with Gasteiger partial charge in [0.1, 0.15) is 6.04 Å². The topological polar surface area (TPSA) is 122 Å². The van der Waals surface area contributed by atoms with Gasteiger partial charge in [-0.15, -0.1) is 0 Å². The van der Waals surface area contributed by atoms with Gasteiger partial charge in [0.25, 0.3) is 11.8 Å². The van der Waals surface area contributed by atoms with Gasteiger partial charge in [0.2, 0.25) is 11.8 Å². The lowest BCUT2D eigenvalue weighted by Crippen LogP contribution is -2.49. The number of benzene rings is 2. The van der Waals surface area contributed by atoms with E-state index >= 15 is 0 Å². The molecule has 0 radical (unpaired) electrons. The fraction of sp³-hybridized carbons (Fsp3) is 0.370. The number of hydrogen-bond acceptors (Lipinski definition) is 6. The molecular formula is C27H26ClN3O6. The fourth-order valence-electron chi connectivity index (χ4n) is 5.93. The number of nitrogens with one attached hydrogen (secondary N) is 2. The minimum Gasteiger partial charge on any atom is -0.454 e. The van der Waals surface area contributed by atoms with Gasteiger partial charge in [0, 0.05) is 17.0 Å². The number of esters is 1. The van der Waals surface area contributed by atoms with Crippen LogP contribution in [0, 0.1) is 23.7 Å². The maximum atomic E-state index is 13.4. The maximum Gasteiger partial charge on any atom is 0.330 e. The van der Waals surface area contributed by atoms with Gasteiger partial charge in [-0.2, -0.15) is 0 Å². The highest BCUT2D eigenvalue weighted by Gasteiger charge is 2.62. The third-order valence-electron chi connectivity index (χ3n) is 7.58. The number of imide groups is 1. The van der Waals surface area contributed by atoms with E-state index in [9.17, 15) is 24.0 Å². The molecule has 1 saturated heterocycles. The van der Waals surface area contributed by atoms with Crippen LogP contribution in [0.3, 0.4) is 0 Å². The van der Waals surface area contributed by atoms with Crippen molar-refractivity contribution in [3.63, 3.8) is 0 Å². The minimum atomic E-state index is -1.18. The summed E-state index contributed by atoms with van der Waals surface area (Å²) in [4.78, 5) is 65.4. The van der Waals surface area contributed by atoms with E-state index in [-0.39, 0.29) is 47.5 Å². The molecule has 2 aromatic carbocycles. The molecule has 2 saturated carbocycles. The van der Waals surface area contributed by atoms with E-state index in [1.54, 1.807) is 24.3 Å². The average Bonchev–Trinajstić information content (AvgIpc) is 3.59. The lowest BCUT2D eigenvalue weighted by molar-refractivity contribution is -0.160. The molecule has 2 N–H and O–H groups in total. The third kappa shape index (κ3) is 4.96. The monoisotopic (exact) mass is 523 g/mol. The number of carbonyl (C=O) groups excluding carboxylic acids is 5. The molecule has 1 heterocycles. The Bertz CT molecular complexity index is 1210. The van der Waals surface area contributed by atoms with Gasteiger partial charge in [-0.1, -0.05) is 41.9 Å². The van der Waals surface area contributed by atoms with Crippen LogP contribution in [0.15, 0.2) is 54.6 Å². The van der Waals surface area contributed by atoms with Crippen molar-refractivity contribution in [3.8, 4) is 0 Å². The molecule has 5 rings (SSSR count). The predicted molar refractivity (Wildman–Crippen MR) is 132 cm³/mol. The first-order valence-corrected chi connectivity index (χ1v) is 12.6. The fourth-order valence-corrected chi connectivity index (χ4v) is 6.05. The first kappa shape index (κ1) is 25.0. The van der Waals surface area contributed by atoms with Crippen molar-refractivity contribution >= 4 is 41.2 Å². The summed E-state index contributed by atoms with van der Waals surface area (Å²) in [6.45, 7) is -0.695. The van der Waals surface area contributed by atoms with Crippen LogP contribution in [0.1, 0.15) is 35.2 Å². The molecule has 0 spiro atoms. The molecule has 9 nitrogen and oxygen atoms in total. The molecule has 4 amide bonds. The Balaban J connectivity index is 1.24. The van der Waals surface area contributed by atoms with Crippen molar-refractivity contribution in [2.75, 3.05) is 6.61 Å². The lowest BCUT2D eigenvalue weighted by atomic mass is 9.81. The van der Waals surface area contributed by atoms with E-state index in [1.165, 1.54) is 24.3 Å². The lowest BCUT2D eigenvalue weighted by Gasteiger charge is -2.26. The second-order valence-corrected chi connectivity index (χ2v) is 10.2. The van der Waals surface area contributed by atoms with Gasteiger partial charge in [-0.3, -0.25) is 34.9 Å². The van der Waals surface area contributed by atoms with E-state index in [2.05, 4.69) is 10.9 Å². The van der Waals surface area contributed by atoms with Crippen LogP contribution in [0.5, 0.6) is 0 Å². The van der Waals surface area contributed by atoms with Gasteiger partial charge >= 0.3 is 5.97 Å². The Morgan fingerprint density at radius 2 is 1.54 bits per heavy atom. The molecule has 37 heavy (non-hydrogen) atoms. The average molecular weight is 524 g/mol. The second-order valence-electron chi connectivity index (χ2n) is 9.75. The highest BCUT2D eigenvalue weighted by atomic mass is 35.5. The van der Waals surface area contributed by atoms with Gasteiger partial charge in [0.05, 0.1) is 11.8 Å². The quantitative estimate of drug-likeness (QED) is 0.326. The van der Waals surface area contributed by atoms with Crippen molar-refractivity contribution in [1.29, 1.82) is 0 Å². The number of likely N-dealkylation sites (tertiary alicyclic amines) is 1. The van der Waals surface area contributed by atoms with Crippen LogP contribution >= 0.6 is 11.6 Å². The molecule has 3 fully saturated rings. The van der Waals surface area contributed by atoms with E-state index < -0.39 is 30.4 Å². The summed E-state index contributed by atoms with van der Waals surface area (Å²) in [5.74, 6) is -3.22. The second kappa shape index (κ2) is 10.3. The number of fused-ring (bicyclic) bond motifs is 5. The van der Waals surface area contributed by atoms with E-state index in [0.29, 0.717) is 5.02 Å². The van der Waals surface area contributed by atoms with Crippen molar-refractivity contribution in [2.45, 2.75) is 31.7 Å². The summed E-state index contributed by atoms with van der Waals surface area (Å²) in [5, 5.41) is 0.462. The van der Waals surface area contributed by atoms with Gasteiger partial charge < -0.3 is 4.74 Å². The van der Waals surface area contributed by atoms with Crippen LogP contribution in [0.25, 0.3) is 0 Å². The van der Waals surface area contributed by atoms with Crippen molar-refractivity contribution in [2.24, 2.45) is 23.7 Å². The van der Waals surface area contributed by atoms with Crippen LogP contribution in [-0.2, 0) is 30.3 Å². The van der Waals surface area contributed by atoms with Crippen LogP contribution in [0.4, 0.5) is 0 Å². The molecule has 0 unspecified atom stereocenters. The van der Waals surface area contributed by atoms with Crippen molar-refractivity contribution in [1.82, 2.24) is 15.8 Å². The summed E-state index contributed by atoms with van der Waals surface area (Å²) in [7, 11) is 0. The number of rotatable bonds is 7. The largest absolute Gasteiger partial charge is 0.454 e. The summed E-state index contributed by atoms with van der Waals surface area (Å²) in [6.07, 6.45) is 2.82. The summed E-state index contributed by atoms with van der Waals surface area (Å²) >= 11 is 5.81. The number of hydrazine groups is 1. The highest BCUT2D eigenvalue weighted by molar-refractivity contribution is 6.30. The zero-order valence-electron chi connectivity index (χ0n) is 19.9. The van der Waals surface area contributed by atoms with Gasteiger partial charge in [0.15, 0.2) is 6.61 Å². The molecule has 2 bridgehead atoms. The van der Waals surface area contributed by atoms with Crippen LogP contribution in [0.2, 0.25) is 5.02 Å². The standard InChI is InChI=1S/C27H26ClN3O6/c28-19-10-8-16(9-11-19)24(33)30-29-21(32)14-37-27(36)20(12-15-4-2-1-3-5-15)31-25(34)22-17-6-7-18(13-17)23(22)26(31)35/h1-5,8-11,17-18,20,22-23H,6-7,12-14H2,(H,29,32)(H,30,33)/t17-,18-,20-,22-,23+/m0/s1. The van der Waals surface area contributed by atoms with Crippen molar-refractivity contribution < 1.29 is 28.7 Å². The number of halogens is 1. The first-order chi connectivity index (χ1) is 17.8. The van der Waals surface area contributed by atoms with E-state index in [4.69, 9.17) is 16.3 Å². The Labute approximate surface area is 218 Å². The predicted octanol–water partition coefficient (Wildman–Crippen LogP) is 2.29. The Kier molecular flexibility index (Phi) is 6.97. The summed E-state index contributed by atoms with van der Waals surface area (Å²) in [6, 6.07) is 13.9. The van der Waals surface area contributed by atoms with Crippen LogP contribution < -0.4 is 10.9 Å². The molecule has 3 aliphatic rings. The minimum absolute atomic E-state index is 0.0842. The molecule has 192 valence electrons.